The molecule has 27 heavy (non-hydrogen) atoms. The van der Waals surface area contributed by atoms with Crippen molar-refractivity contribution in [2.45, 2.75) is 0 Å². The Hall–Kier alpha value is -2.31. The number of carbonyl (C=O) groups excluding carboxylic acids is 1. The molecule has 0 spiro atoms. The van der Waals surface area contributed by atoms with E-state index in [9.17, 15) is 9.18 Å². The van der Waals surface area contributed by atoms with Crippen LogP contribution in [0.2, 0.25) is 5.02 Å². The summed E-state index contributed by atoms with van der Waals surface area (Å²) < 4.78 is 19.3. The highest BCUT2D eigenvalue weighted by Gasteiger charge is 2.26. The zero-order valence-corrected chi connectivity index (χ0v) is 16.3. The second-order valence-electron chi connectivity index (χ2n) is 6.36. The zero-order chi connectivity index (χ0) is 19.0. The number of hydrogen-bond acceptors (Lipinski definition) is 4. The molecule has 0 bridgehead atoms. The van der Waals surface area contributed by atoms with Gasteiger partial charge in [-0.3, -0.25) is 4.79 Å². The SMILES string of the molecule is COc1ccc2sc(C(=O)N3CCN(c4ccc(F)cc4)CC3)c(Cl)c2c1. The lowest BCUT2D eigenvalue weighted by Gasteiger charge is -2.36. The molecule has 1 amide bonds. The van der Waals surface area contributed by atoms with E-state index in [2.05, 4.69) is 4.90 Å². The molecule has 1 saturated heterocycles. The molecule has 1 aliphatic rings. The van der Waals surface area contributed by atoms with E-state index in [-0.39, 0.29) is 11.7 Å². The Morgan fingerprint density at radius 3 is 2.48 bits per heavy atom. The van der Waals surface area contributed by atoms with Crippen LogP contribution < -0.4 is 9.64 Å². The number of rotatable bonds is 3. The fraction of sp³-hybridized carbons (Fsp3) is 0.250. The molecular formula is C20H18ClFN2O2S. The average molecular weight is 405 g/mol. The minimum atomic E-state index is -0.247. The first-order chi connectivity index (χ1) is 13.1. The Morgan fingerprint density at radius 1 is 1.11 bits per heavy atom. The number of carbonyl (C=O) groups is 1. The maximum absolute atomic E-state index is 13.1. The van der Waals surface area contributed by atoms with Gasteiger partial charge < -0.3 is 14.5 Å². The molecule has 2 aromatic carbocycles. The maximum atomic E-state index is 13.1. The van der Waals surface area contributed by atoms with Crippen molar-refractivity contribution in [3.8, 4) is 5.75 Å². The fourth-order valence-electron chi connectivity index (χ4n) is 3.27. The van der Waals surface area contributed by atoms with Gasteiger partial charge in [0, 0.05) is 42.0 Å². The maximum Gasteiger partial charge on any atom is 0.265 e. The van der Waals surface area contributed by atoms with Gasteiger partial charge in [0.15, 0.2) is 0 Å². The molecule has 4 nitrogen and oxygen atoms in total. The summed E-state index contributed by atoms with van der Waals surface area (Å²) in [5.41, 5.74) is 0.968. The lowest BCUT2D eigenvalue weighted by atomic mass is 10.2. The summed E-state index contributed by atoms with van der Waals surface area (Å²) in [5, 5.41) is 1.33. The summed E-state index contributed by atoms with van der Waals surface area (Å²) in [5.74, 6) is 0.427. The molecule has 1 aromatic heterocycles. The number of ether oxygens (including phenoxy) is 1. The Bertz CT molecular complexity index is 982. The normalized spacial score (nSPS) is 14.6. The summed E-state index contributed by atoms with van der Waals surface area (Å²) in [4.78, 5) is 17.5. The van der Waals surface area contributed by atoms with Crippen molar-refractivity contribution in [1.82, 2.24) is 4.90 Å². The van der Waals surface area contributed by atoms with Crippen LogP contribution in [0.15, 0.2) is 42.5 Å². The predicted octanol–water partition coefficient (Wildman–Crippen LogP) is 4.66. The van der Waals surface area contributed by atoms with E-state index in [4.69, 9.17) is 16.3 Å². The third kappa shape index (κ3) is 3.47. The molecule has 4 rings (SSSR count). The molecule has 0 atom stereocenters. The van der Waals surface area contributed by atoms with Gasteiger partial charge in [0.2, 0.25) is 0 Å². The molecule has 0 unspecified atom stereocenters. The Kier molecular flexibility index (Phi) is 4.93. The first-order valence-electron chi connectivity index (χ1n) is 8.62. The van der Waals surface area contributed by atoms with Crippen molar-refractivity contribution < 1.29 is 13.9 Å². The van der Waals surface area contributed by atoms with Crippen LogP contribution >= 0.6 is 22.9 Å². The topological polar surface area (TPSA) is 32.8 Å². The number of benzene rings is 2. The third-order valence-corrected chi connectivity index (χ3v) is 6.45. The zero-order valence-electron chi connectivity index (χ0n) is 14.7. The number of thiophene rings is 1. The van der Waals surface area contributed by atoms with Gasteiger partial charge >= 0.3 is 0 Å². The molecule has 0 radical (unpaired) electrons. The van der Waals surface area contributed by atoms with Gasteiger partial charge in [0.1, 0.15) is 16.4 Å². The van der Waals surface area contributed by atoms with E-state index in [1.807, 2.05) is 23.1 Å². The van der Waals surface area contributed by atoms with Crippen LogP contribution in [-0.2, 0) is 0 Å². The lowest BCUT2D eigenvalue weighted by molar-refractivity contribution is 0.0752. The van der Waals surface area contributed by atoms with Crippen molar-refractivity contribution in [2.24, 2.45) is 0 Å². The summed E-state index contributed by atoms with van der Waals surface area (Å²) in [6, 6.07) is 12.1. The molecular weight excluding hydrogens is 387 g/mol. The van der Waals surface area contributed by atoms with Gasteiger partial charge in [0.05, 0.1) is 12.1 Å². The smallest absolute Gasteiger partial charge is 0.265 e. The van der Waals surface area contributed by atoms with Crippen molar-refractivity contribution in [3.05, 3.63) is 58.2 Å². The number of anilines is 1. The first-order valence-corrected chi connectivity index (χ1v) is 9.82. The third-order valence-electron chi connectivity index (χ3n) is 4.79. The van der Waals surface area contributed by atoms with Gasteiger partial charge in [0.25, 0.3) is 5.91 Å². The highest BCUT2D eigenvalue weighted by atomic mass is 35.5. The predicted molar refractivity (Wildman–Crippen MR) is 108 cm³/mol. The van der Waals surface area contributed by atoms with Crippen LogP contribution in [0.4, 0.5) is 10.1 Å². The van der Waals surface area contributed by atoms with Crippen LogP contribution in [-0.4, -0.2) is 44.1 Å². The molecule has 7 heteroatoms. The number of halogens is 2. The van der Waals surface area contributed by atoms with E-state index >= 15 is 0 Å². The molecule has 0 aliphatic carbocycles. The number of fused-ring (bicyclic) bond motifs is 1. The van der Waals surface area contributed by atoms with Crippen LogP contribution in [0, 0.1) is 5.82 Å². The largest absolute Gasteiger partial charge is 0.497 e. The molecule has 1 fully saturated rings. The van der Waals surface area contributed by atoms with E-state index in [1.165, 1.54) is 23.5 Å². The Balaban J connectivity index is 1.50. The van der Waals surface area contributed by atoms with Gasteiger partial charge in [-0.1, -0.05) is 11.6 Å². The van der Waals surface area contributed by atoms with E-state index in [0.29, 0.717) is 41.8 Å². The van der Waals surface area contributed by atoms with E-state index in [0.717, 1.165) is 15.8 Å². The molecule has 0 N–H and O–H groups in total. The highest BCUT2D eigenvalue weighted by molar-refractivity contribution is 7.21. The quantitative estimate of drug-likeness (QED) is 0.636. The minimum absolute atomic E-state index is 0.0427. The molecule has 1 aliphatic heterocycles. The molecule has 0 saturated carbocycles. The van der Waals surface area contributed by atoms with Crippen molar-refractivity contribution in [2.75, 3.05) is 38.2 Å². The number of nitrogens with zero attached hydrogens (tertiary/aromatic N) is 2. The van der Waals surface area contributed by atoms with Crippen LogP contribution in [0.5, 0.6) is 5.75 Å². The van der Waals surface area contributed by atoms with E-state index in [1.54, 1.807) is 19.2 Å². The standard InChI is InChI=1S/C20H18ClFN2O2S/c1-26-15-6-7-17-16(12-15)18(21)19(27-17)20(25)24-10-8-23(9-11-24)14-4-2-13(22)3-5-14/h2-7,12H,8-11H2,1H3. The minimum Gasteiger partial charge on any atom is -0.497 e. The van der Waals surface area contributed by atoms with Crippen LogP contribution in [0.3, 0.4) is 0 Å². The van der Waals surface area contributed by atoms with Crippen molar-refractivity contribution in [1.29, 1.82) is 0 Å². The summed E-state index contributed by atoms with van der Waals surface area (Å²) in [7, 11) is 1.61. The fourth-order valence-corrected chi connectivity index (χ4v) is 4.73. The van der Waals surface area contributed by atoms with Gasteiger partial charge in [-0.25, -0.2) is 4.39 Å². The van der Waals surface area contributed by atoms with Crippen LogP contribution in [0.25, 0.3) is 10.1 Å². The van der Waals surface area contributed by atoms with Gasteiger partial charge in [-0.05, 0) is 42.5 Å². The monoisotopic (exact) mass is 404 g/mol. The number of amides is 1. The lowest BCUT2D eigenvalue weighted by Crippen LogP contribution is -2.48. The number of hydrogen-bond donors (Lipinski definition) is 0. The Morgan fingerprint density at radius 2 is 1.81 bits per heavy atom. The highest BCUT2D eigenvalue weighted by Crippen LogP contribution is 2.38. The van der Waals surface area contributed by atoms with E-state index < -0.39 is 0 Å². The number of piperazine rings is 1. The van der Waals surface area contributed by atoms with Gasteiger partial charge in [-0.15, -0.1) is 11.3 Å². The first kappa shape index (κ1) is 18.1. The molecule has 140 valence electrons. The van der Waals surface area contributed by atoms with Gasteiger partial charge in [-0.2, -0.15) is 0 Å². The van der Waals surface area contributed by atoms with Crippen LogP contribution in [0.1, 0.15) is 9.67 Å². The summed E-state index contributed by atoms with van der Waals surface area (Å²) in [6.45, 7) is 2.61. The Labute approximate surface area is 165 Å². The summed E-state index contributed by atoms with van der Waals surface area (Å²) >= 11 is 7.91. The number of methoxy groups -OCH3 is 1. The average Bonchev–Trinajstić information content (AvgIpc) is 3.04. The second-order valence-corrected chi connectivity index (χ2v) is 7.79. The second kappa shape index (κ2) is 7.37. The van der Waals surface area contributed by atoms with Crippen molar-refractivity contribution >= 4 is 44.6 Å². The van der Waals surface area contributed by atoms with Crippen molar-refractivity contribution in [3.63, 3.8) is 0 Å². The molecule has 3 aromatic rings. The summed E-state index contributed by atoms with van der Waals surface area (Å²) in [6.07, 6.45) is 0. The molecule has 2 heterocycles.